The van der Waals surface area contributed by atoms with Crippen molar-refractivity contribution in [2.45, 2.75) is 13.1 Å². The Bertz CT molecular complexity index is 1040. The van der Waals surface area contributed by atoms with Crippen LogP contribution in [-0.2, 0) is 17.9 Å². The maximum absolute atomic E-state index is 13.3. The summed E-state index contributed by atoms with van der Waals surface area (Å²) in [6.45, 7) is 4.53. The van der Waals surface area contributed by atoms with E-state index < -0.39 is 0 Å². The Morgan fingerprint density at radius 1 is 1.03 bits per heavy atom. The molecule has 1 heterocycles. The van der Waals surface area contributed by atoms with Gasteiger partial charge in [-0.25, -0.2) is 4.39 Å². The van der Waals surface area contributed by atoms with Gasteiger partial charge in [-0.15, -0.1) is 17.9 Å². The number of thiophene rings is 1. The van der Waals surface area contributed by atoms with Gasteiger partial charge >= 0.3 is 0 Å². The first kappa shape index (κ1) is 22.7. The highest BCUT2D eigenvalue weighted by Gasteiger charge is 2.22. The van der Waals surface area contributed by atoms with E-state index >= 15 is 0 Å². The molecule has 0 atom stereocenters. The van der Waals surface area contributed by atoms with Crippen LogP contribution in [0.3, 0.4) is 0 Å². The molecule has 0 radical (unpaired) electrons. The first-order valence-electron chi connectivity index (χ1n) is 9.66. The van der Waals surface area contributed by atoms with Crippen molar-refractivity contribution in [3.05, 3.63) is 106 Å². The molecule has 1 aromatic heterocycles. The van der Waals surface area contributed by atoms with E-state index in [1.165, 1.54) is 17.0 Å². The summed E-state index contributed by atoms with van der Waals surface area (Å²) in [7, 11) is 0. The van der Waals surface area contributed by atoms with Gasteiger partial charge in [-0.2, -0.15) is 0 Å². The molecule has 0 fully saturated rings. The standard InChI is InChI=1S/C24H22ClFN2O2S/c1-2-12-27(24(30)19-5-3-6-20(25)14-19)17-23(29)28(16-22-7-4-13-31-22)15-18-8-10-21(26)11-9-18/h2-11,13-14H,1,12,15-17H2. The highest BCUT2D eigenvalue weighted by atomic mass is 35.5. The fourth-order valence-corrected chi connectivity index (χ4v) is 3.99. The number of hydrogen-bond donors (Lipinski definition) is 0. The van der Waals surface area contributed by atoms with E-state index in [1.54, 1.807) is 58.7 Å². The summed E-state index contributed by atoms with van der Waals surface area (Å²) in [6, 6.07) is 16.6. The summed E-state index contributed by atoms with van der Waals surface area (Å²) < 4.78 is 13.3. The molecule has 0 N–H and O–H groups in total. The molecule has 0 bridgehead atoms. The second-order valence-corrected chi connectivity index (χ2v) is 8.41. The van der Waals surface area contributed by atoms with Crippen LogP contribution >= 0.6 is 22.9 Å². The van der Waals surface area contributed by atoms with Crippen molar-refractivity contribution >= 4 is 34.8 Å². The number of carbonyl (C=O) groups is 2. The zero-order valence-corrected chi connectivity index (χ0v) is 18.4. The van der Waals surface area contributed by atoms with E-state index in [-0.39, 0.29) is 30.7 Å². The van der Waals surface area contributed by atoms with Crippen molar-refractivity contribution in [1.82, 2.24) is 9.80 Å². The highest BCUT2D eigenvalue weighted by molar-refractivity contribution is 7.09. The van der Waals surface area contributed by atoms with Crippen LogP contribution in [-0.4, -0.2) is 34.7 Å². The Labute approximate surface area is 190 Å². The van der Waals surface area contributed by atoms with Crippen LogP contribution in [0.15, 0.2) is 78.7 Å². The third-order valence-corrected chi connectivity index (χ3v) is 5.70. The normalized spacial score (nSPS) is 10.5. The summed E-state index contributed by atoms with van der Waals surface area (Å²) >= 11 is 7.57. The molecule has 3 rings (SSSR count). The average molecular weight is 457 g/mol. The third kappa shape index (κ3) is 6.51. The number of nitrogens with zero attached hydrogens (tertiary/aromatic N) is 2. The lowest BCUT2D eigenvalue weighted by Gasteiger charge is -2.27. The predicted molar refractivity (Wildman–Crippen MR) is 123 cm³/mol. The Balaban J connectivity index is 1.79. The highest BCUT2D eigenvalue weighted by Crippen LogP contribution is 2.17. The molecule has 0 aliphatic carbocycles. The molecular weight excluding hydrogens is 435 g/mol. The molecule has 31 heavy (non-hydrogen) atoms. The van der Waals surface area contributed by atoms with Gasteiger partial charge in [0.2, 0.25) is 5.91 Å². The van der Waals surface area contributed by atoms with Gasteiger partial charge in [0.25, 0.3) is 5.91 Å². The maximum Gasteiger partial charge on any atom is 0.254 e. The van der Waals surface area contributed by atoms with Gasteiger partial charge in [0.05, 0.1) is 6.54 Å². The number of hydrogen-bond acceptors (Lipinski definition) is 3. The summed E-state index contributed by atoms with van der Waals surface area (Å²) in [6.07, 6.45) is 1.58. The molecule has 2 aromatic carbocycles. The van der Waals surface area contributed by atoms with Crippen LogP contribution < -0.4 is 0 Å². The summed E-state index contributed by atoms with van der Waals surface area (Å²) in [5.74, 6) is -0.840. The smallest absolute Gasteiger partial charge is 0.254 e. The topological polar surface area (TPSA) is 40.6 Å². The monoisotopic (exact) mass is 456 g/mol. The quantitative estimate of drug-likeness (QED) is 0.404. The molecular formula is C24H22ClFN2O2S. The minimum absolute atomic E-state index is 0.107. The summed E-state index contributed by atoms with van der Waals surface area (Å²) in [4.78, 5) is 30.3. The maximum atomic E-state index is 13.3. The summed E-state index contributed by atoms with van der Waals surface area (Å²) in [5, 5.41) is 2.40. The lowest BCUT2D eigenvalue weighted by molar-refractivity contribution is -0.133. The largest absolute Gasteiger partial charge is 0.332 e. The Kier molecular flexibility index (Phi) is 7.98. The molecule has 0 spiro atoms. The fraction of sp³-hybridized carbons (Fsp3) is 0.167. The van der Waals surface area contributed by atoms with Gasteiger partial charge in [-0.1, -0.05) is 41.9 Å². The Morgan fingerprint density at radius 3 is 2.45 bits per heavy atom. The molecule has 0 aliphatic heterocycles. The second kappa shape index (κ2) is 10.9. The Hall–Kier alpha value is -2.96. The third-order valence-electron chi connectivity index (χ3n) is 4.60. The molecule has 2 amide bonds. The van der Waals surface area contributed by atoms with Crippen LogP contribution in [0, 0.1) is 5.82 Å². The van der Waals surface area contributed by atoms with E-state index in [9.17, 15) is 14.0 Å². The number of rotatable bonds is 9. The summed E-state index contributed by atoms with van der Waals surface area (Å²) in [5.41, 5.74) is 1.22. The molecule has 3 aromatic rings. The van der Waals surface area contributed by atoms with Crippen LogP contribution in [0.2, 0.25) is 5.02 Å². The minimum atomic E-state index is -0.329. The molecule has 0 unspecified atom stereocenters. The fourth-order valence-electron chi connectivity index (χ4n) is 3.08. The van der Waals surface area contributed by atoms with E-state index in [1.807, 2.05) is 17.5 Å². The van der Waals surface area contributed by atoms with Crippen molar-refractivity contribution in [3.8, 4) is 0 Å². The van der Waals surface area contributed by atoms with Crippen molar-refractivity contribution < 1.29 is 14.0 Å². The van der Waals surface area contributed by atoms with E-state index in [2.05, 4.69) is 6.58 Å². The number of amides is 2. The van der Waals surface area contributed by atoms with Crippen LogP contribution in [0.1, 0.15) is 20.8 Å². The van der Waals surface area contributed by atoms with Gasteiger partial charge in [0, 0.05) is 28.6 Å². The van der Waals surface area contributed by atoms with Gasteiger partial charge < -0.3 is 9.80 Å². The van der Waals surface area contributed by atoms with Gasteiger partial charge in [0.15, 0.2) is 0 Å². The Morgan fingerprint density at radius 2 is 1.81 bits per heavy atom. The van der Waals surface area contributed by atoms with E-state index in [4.69, 9.17) is 11.6 Å². The molecule has 4 nitrogen and oxygen atoms in total. The minimum Gasteiger partial charge on any atom is -0.332 e. The lowest BCUT2D eigenvalue weighted by atomic mass is 10.2. The SMILES string of the molecule is C=CCN(CC(=O)N(Cc1ccc(F)cc1)Cc1cccs1)C(=O)c1cccc(Cl)c1. The first-order chi connectivity index (χ1) is 15.0. The number of benzene rings is 2. The van der Waals surface area contributed by atoms with Crippen LogP contribution in [0.5, 0.6) is 0 Å². The number of carbonyl (C=O) groups excluding carboxylic acids is 2. The molecule has 0 aliphatic rings. The number of halogens is 2. The van der Waals surface area contributed by atoms with Crippen molar-refractivity contribution in [3.63, 3.8) is 0 Å². The van der Waals surface area contributed by atoms with Gasteiger partial charge in [0.1, 0.15) is 12.4 Å². The zero-order valence-electron chi connectivity index (χ0n) is 16.8. The van der Waals surface area contributed by atoms with Gasteiger partial charge in [-0.05, 0) is 47.3 Å². The van der Waals surface area contributed by atoms with E-state index in [0.717, 1.165) is 10.4 Å². The first-order valence-corrected chi connectivity index (χ1v) is 10.9. The van der Waals surface area contributed by atoms with E-state index in [0.29, 0.717) is 23.7 Å². The van der Waals surface area contributed by atoms with Crippen molar-refractivity contribution in [1.29, 1.82) is 0 Å². The second-order valence-electron chi connectivity index (χ2n) is 6.94. The zero-order chi connectivity index (χ0) is 22.2. The van der Waals surface area contributed by atoms with Crippen molar-refractivity contribution in [2.75, 3.05) is 13.1 Å². The average Bonchev–Trinajstić information content (AvgIpc) is 3.27. The molecule has 0 saturated heterocycles. The lowest BCUT2D eigenvalue weighted by Crippen LogP contribution is -2.42. The molecule has 160 valence electrons. The van der Waals surface area contributed by atoms with Gasteiger partial charge in [-0.3, -0.25) is 9.59 Å². The predicted octanol–water partition coefficient (Wildman–Crippen LogP) is 5.40. The molecule has 0 saturated carbocycles. The molecule has 7 heteroatoms. The van der Waals surface area contributed by atoms with Crippen LogP contribution in [0.25, 0.3) is 0 Å². The van der Waals surface area contributed by atoms with Crippen LogP contribution in [0.4, 0.5) is 4.39 Å². The van der Waals surface area contributed by atoms with Crippen molar-refractivity contribution in [2.24, 2.45) is 0 Å².